The van der Waals surface area contributed by atoms with Crippen molar-refractivity contribution in [3.63, 3.8) is 0 Å². The first kappa shape index (κ1) is 23.8. The lowest BCUT2D eigenvalue weighted by atomic mass is 10.3. The fraction of sp³-hybridized carbons (Fsp3) is 0.250. The molecule has 2 heterocycles. The lowest BCUT2D eigenvalue weighted by Gasteiger charge is -2.14. The van der Waals surface area contributed by atoms with Gasteiger partial charge in [0, 0.05) is 6.20 Å². The summed E-state index contributed by atoms with van der Waals surface area (Å²) < 4.78 is 12.4. The number of thioether (sulfide) groups is 1. The van der Waals surface area contributed by atoms with Gasteiger partial charge in [0.25, 0.3) is 5.91 Å². The molecule has 9 nitrogen and oxygen atoms in total. The van der Waals surface area contributed by atoms with E-state index in [0.29, 0.717) is 21.8 Å². The molecule has 1 amide bonds. The summed E-state index contributed by atoms with van der Waals surface area (Å²) >= 11 is 12.9. The number of methoxy groups -OCH3 is 1. The van der Waals surface area contributed by atoms with Gasteiger partial charge in [0.15, 0.2) is 17.1 Å². The Balaban J connectivity index is 1.61. The van der Waals surface area contributed by atoms with Crippen LogP contribution in [0, 0.1) is 6.92 Å². The summed E-state index contributed by atoms with van der Waals surface area (Å²) in [6.45, 7) is 3.24. The normalized spacial score (nSPS) is 11.7. The van der Waals surface area contributed by atoms with Crippen LogP contribution in [0.25, 0.3) is 5.69 Å². The van der Waals surface area contributed by atoms with Crippen molar-refractivity contribution >= 4 is 52.7 Å². The van der Waals surface area contributed by atoms with Crippen molar-refractivity contribution in [2.75, 3.05) is 18.2 Å². The second-order valence-corrected chi connectivity index (χ2v) is 8.22. The van der Waals surface area contributed by atoms with Gasteiger partial charge >= 0.3 is 5.97 Å². The van der Waals surface area contributed by atoms with E-state index < -0.39 is 18.0 Å². The van der Waals surface area contributed by atoms with Crippen LogP contribution in [-0.2, 0) is 14.3 Å². The van der Waals surface area contributed by atoms with Crippen molar-refractivity contribution in [1.82, 2.24) is 19.7 Å². The number of para-hydroxylation sites is 2. The average Bonchev–Trinajstić information content (AvgIpc) is 3.14. The zero-order chi connectivity index (χ0) is 23.3. The molecule has 0 fully saturated rings. The molecule has 1 unspecified atom stereocenters. The topological polar surface area (TPSA) is 108 Å². The molecule has 3 aromatic rings. The number of benzene rings is 1. The molecule has 0 aliphatic rings. The zero-order valence-corrected chi connectivity index (χ0v) is 19.7. The Kier molecular flexibility index (Phi) is 7.94. The molecule has 32 heavy (non-hydrogen) atoms. The van der Waals surface area contributed by atoms with E-state index in [0.717, 1.165) is 17.4 Å². The lowest BCUT2D eigenvalue weighted by Crippen LogP contribution is -2.31. The third-order valence-electron chi connectivity index (χ3n) is 4.17. The quantitative estimate of drug-likeness (QED) is 0.369. The van der Waals surface area contributed by atoms with E-state index in [1.807, 2.05) is 24.3 Å². The maximum absolute atomic E-state index is 12.3. The fourth-order valence-corrected chi connectivity index (χ4v) is 3.86. The number of aryl methyl sites for hydroxylation is 1. The first-order chi connectivity index (χ1) is 15.3. The van der Waals surface area contributed by atoms with Gasteiger partial charge in [-0.2, -0.15) is 0 Å². The number of pyridine rings is 1. The van der Waals surface area contributed by atoms with Gasteiger partial charge in [-0.25, -0.2) is 4.98 Å². The van der Waals surface area contributed by atoms with Gasteiger partial charge in [0.2, 0.25) is 0 Å². The molecule has 2 aromatic heterocycles. The Morgan fingerprint density at radius 2 is 2.00 bits per heavy atom. The first-order valence-electron chi connectivity index (χ1n) is 9.29. The monoisotopic (exact) mass is 495 g/mol. The van der Waals surface area contributed by atoms with Gasteiger partial charge in [-0.3, -0.25) is 14.2 Å². The number of carbonyl (C=O) groups excluding carboxylic acids is 2. The number of ether oxygens (including phenoxy) is 2. The predicted molar refractivity (Wildman–Crippen MR) is 122 cm³/mol. The molecule has 1 atom stereocenters. The number of rotatable bonds is 8. The van der Waals surface area contributed by atoms with Gasteiger partial charge in [0.1, 0.15) is 11.6 Å². The summed E-state index contributed by atoms with van der Waals surface area (Å²) in [5.41, 5.74) is 0.744. The van der Waals surface area contributed by atoms with Crippen LogP contribution in [0.15, 0.2) is 41.7 Å². The maximum atomic E-state index is 12.3. The van der Waals surface area contributed by atoms with E-state index >= 15 is 0 Å². The number of nitrogens with one attached hydrogen (secondary N) is 1. The zero-order valence-electron chi connectivity index (χ0n) is 17.3. The minimum Gasteiger partial charge on any atom is -0.495 e. The van der Waals surface area contributed by atoms with Crippen LogP contribution in [0.2, 0.25) is 10.0 Å². The minimum absolute atomic E-state index is 0.0785. The molecule has 168 valence electrons. The number of carbonyl (C=O) groups is 2. The highest BCUT2D eigenvalue weighted by Gasteiger charge is 2.21. The third-order valence-corrected chi connectivity index (χ3v) is 5.56. The Morgan fingerprint density at radius 3 is 2.72 bits per heavy atom. The summed E-state index contributed by atoms with van der Waals surface area (Å²) in [7, 11) is 1.57. The third kappa shape index (κ3) is 5.70. The lowest BCUT2D eigenvalue weighted by molar-refractivity contribution is -0.150. The number of amides is 1. The number of aromatic nitrogens is 4. The number of hydrogen-bond acceptors (Lipinski definition) is 8. The van der Waals surface area contributed by atoms with E-state index in [1.54, 1.807) is 18.6 Å². The highest BCUT2D eigenvalue weighted by molar-refractivity contribution is 7.99. The largest absolute Gasteiger partial charge is 0.495 e. The van der Waals surface area contributed by atoms with Crippen LogP contribution in [0.5, 0.6) is 5.75 Å². The molecule has 12 heteroatoms. The van der Waals surface area contributed by atoms with E-state index in [1.165, 1.54) is 19.2 Å². The molecular weight excluding hydrogens is 477 g/mol. The van der Waals surface area contributed by atoms with Crippen molar-refractivity contribution in [2.24, 2.45) is 0 Å². The van der Waals surface area contributed by atoms with Gasteiger partial charge in [-0.15, -0.1) is 10.2 Å². The van der Waals surface area contributed by atoms with Crippen LogP contribution in [0.1, 0.15) is 12.7 Å². The molecule has 0 saturated heterocycles. The van der Waals surface area contributed by atoms with Crippen molar-refractivity contribution in [3.05, 3.63) is 52.4 Å². The van der Waals surface area contributed by atoms with E-state index in [4.69, 9.17) is 32.7 Å². The second kappa shape index (κ2) is 10.7. The van der Waals surface area contributed by atoms with E-state index in [2.05, 4.69) is 20.5 Å². The molecule has 0 saturated carbocycles. The van der Waals surface area contributed by atoms with E-state index in [9.17, 15) is 9.59 Å². The Labute approximate surface area is 198 Å². The molecule has 1 N–H and O–H groups in total. The Morgan fingerprint density at radius 1 is 1.25 bits per heavy atom. The number of halogens is 2. The summed E-state index contributed by atoms with van der Waals surface area (Å²) in [5, 5.41) is 11.7. The van der Waals surface area contributed by atoms with Crippen molar-refractivity contribution in [2.45, 2.75) is 25.1 Å². The van der Waals surface area contributed by atoms with Gasteiger partial charge in [-0.05, 0) is 32.0 Å². The van der Waals surface area contributed by atoms with Crippen molar-refractivity contribution in [3.8, 4) is 11.4 Å². The van der Waals surface area contributed by atoms with Gasteiger partial charge < -0.3 is 14.8 Å². The molecule has 0 aliphatic carbocycles. The van der Waals surface area contributed by atoms with Crippen LogP contribution >= 0.6 is 35.0 Å². The molecule has 0 spiro atoms. The molecule has 3 rings (SSSR count). The number of esters is 1. The van der Waals surface area contributed by atoms with Crippen LogP contribution in [0.3, 0.4) is 0 Å². The van der Waals surface area contributed by atoms with Crippen LogP contribution in [-0.4, -0.2) is 50.6 Å². The van der Waals surface area contributed by atoms with Crippen molar-refractivity contribution in [1.29, 1.82) is 0 Å². The number of hydrogen-bond donors (Lipinski definition) is 1. The smallest absolute Gasteiger partial charge is 0.317 e. The predicted octanol–water partition coefficient (Wildman–Crippen LogP) is 3.95. The Bertz CT molecular complexity index is 1140. The number of nitrogens with zero attached hydrogens (tertiary/aromatic N) is 4. The fourth-order valence-electron chi connectivity index (χ4n) is 2.66. The van der Waals surface area contributed by atoms with Gasteiger partial charge in [-0.1, -0.05) is 47.1 Å². The molecule has 0 aliphatic heterocycles. The highest BCUT2D eigenvalue weighted by Crippen LogP contribution is 2.28. The first-order valence-corrected chi connectivity index (χ1v) is 11.0. The van der Waals surface area contributed by atoms with Gasteiger partial charge in [0.05, 0.1) is 28.6 Å². The van der Waals surface area contributed by atoms with Crippen molar-refractivity contribution < 1.29 is 19.1 Å². The summed E-state index contributed by atoms with van der Waals surface area (Å²) in [5.74, 6) is 0.141. The molecule has 0 bridgehead atoms. The summed E-state index contributed by atoms with van der Waals surface area (Å²) in [6, 6.07) is 8.84. The molecule has 0 radical (unpaired) electrons. The minimum atomic E-state index is -1.06. The van der Waals surface area contributed by atoms with E-state index in [-0.39, 0.29) is 16.6 Å². The highest BCUT2D eigenvalue weighted by atomic mass is 35.5. The SMILES string of the molecule is COc1ccccc1-n1c(C)nnc1SCC(=O)OC(C)C(=O)Nc1ncc(Cl)cc1Cl. The average molecular weight is 496 g/mol. The Hall–Kier alpha value is -2.82. The summed E-state index contributed by atoms with van der Waals surface area (Å²) in [6.07, 6.45) is 0.279. The number of anilines is 1. The van der Waals surface area contributed by atoms with Crippen LogP contribution in [0.4, 0.5) is 5.82 Å². The second-order valence-electron chi connectivity index (χ2n) is 6.43. The molecule has 1 aromatic carbocycles. The summed E-state index contributed by atoms with van der Waals surface area (Å²) in [4.78, 5) is 28.6. The van der Waals surface area contributed by atoms with Crippen LogP contribution < -0.4 is 10.1 Å². The maximum Gasteiger partial charge on any atom is 0.317 e. The molecular formula is C20H19Cl2N5O4S. The standard InChI is InChI=1S/C20H19Cl2N5O4S/c1-11(19(29)24-18-14(22)8-13(21)9-23-18)31-17(28)10-32-20-26-25-12(2)27(20)15-6-4-5-7-16(15)30-3/h4-9,11H,10H2,1-3H3,(H,23,24,29).